The first-order chi connectivity index (χ1) is 7.24. The number of hydrogen-bond acceptors (Lipinski definition) is 3. The van der Waals surface area contributed by atoms with Crippen LogP contribution in [0.4, 0.5) is 0 Å². The van der Waals surface area contributed by atoms with E-state index in [2.05, 4.69) is 19.2 Å². The summed E-state index contributed by atoms with van der Waals surface area (Å²) < 4.78 is 5.20. The Morgan fingerprint density at radius 3 is 2.53 bits per heavy atom. The first-order valence-corrected chi connectivity index (χ1v) is 6.19. The van der Waals surface area contributed by atoms with Gasteiger partial charge in [0.1, 0.15) is 0 Å². The van der Waals surface area contributed by atoms with Crippen LogP contribution >= 0.6 is 0 Å². The topological polar surface area (TPSA) is 47.3 Å². The zero-order chi connectivity index (χ0) is 11.5. The van der Waals surface area contributed by atoms with Gasteiger partial charge in [0.25, 0.3) is 0 Å². The summed E-state index contributed by atoms with van der Waals surface area (Å²) in [5.41, 5.74) is 5.52. The molecule has 0 aliphatic carbocycles. The van der Waals surface area contributed by atoms with Crippen molar-refractivity contribution in [3.05, 3.63) is 0 Å². The Morgan fingerprint density at radius 2 is 2.00 bits per heavy atom. The molecule has 0 aromatic rings. The van der Waals surface area contributed by atoms with Gasteiger partial charge in [-0.05, 0) is 32.7 Å². The number of unbranched alkanes of at least 4 members (excludes halogenated alkanes) is 1. The summed E-state index contributed by atoms with van der Waals surface area (Å²) >= 11 is 0. The van der Waals surface area contributed by atoms with Crippen molar-refractivity contribution in [2.45, 2.75) is 58.0 Å². The van der Waals surface area contributed by atoms with E-state index < -0.39 is 0 Å². The molecule has 0 aromatic heterocycles. The first-order valence-electron chi connectivity index (χ1n) is 6.19. The van der Waals surface area contributed by atoms with E-state index in [1.807, 2.05) is 0 Å². The third-order valence-electron chi connectivity index (χ3n) is 2.64. The standard InChI is InChI=1S/C12H28N2O/c1-4-5-7-11(2)14-12(10-15-3)8-6-9-13/h11-12,14H,4-10,13H2,1-3H3. The highest BCUT2D eigenvalue weighted by Crippen LogP contribution is 2.04. The number of nitrogens with two attached hydrogens (primary N) is 1. The molecular weight excluding hydrogens is 188 g/mol. The molecule has 3 N–H and O–H groups in total. The molecule has 0 spiro atoms. The molecular formula is C12H28N2O. The Hall–Kier alpha value is -0.120. The summed E-state index contributed by atoms with van der Waals surface area (Å²) in [6.07, 6.45) is 6.00. The van der Waals surface area contributed by atoms with Gasteiger partial charge in [0.2, 0.25) is 0 Å². The van der Waals surface area contributed by atoms with E-state index in [4.69, 9.17) is 10.5 Å². The van der Waals surface area contributed by atoms with Crippen LogP contribution in [0.15, 0.2) is 0 Å². The lowest BCUT2D eigenvalue weighted by Crippen LogP contribution is -2.39. The van der Waals surface area contributed by atoms with E-state index in [1.165, 1.54) is 19.3 Å². The van der Waals surface area contributed by atoms with Gasteiger partial charge in [-0.1, -0.05) is 19.8 Å². The summed E-state index contributed by atoms with van der Waals surface area (Å²) in [5.74, 6) is 0. The smallest absolute Gasteiger partial charge is 0.0615 e. The van der Waals surface area contributed by atoms with E-state index in [9.17, 15) is 0 Å². The van der Waals surface area contributed by atoms with Crippen molar-refractivity contribution in [2.24, 2.45) is 5.73 Å². The van der Waals surface area contributed by atoms with Crippen molar-refractivity contribution < 1.29 is 4.74 Å². The molecule has 0 aliphatic rings. The van der Waals surface area contributed by atoms with Crippen LogP contribution in [-0.4, -0.2) is 32.3 Å². The Balaban J connectivity index is 3.70. The zero-order valence-corrected chi connectivity index (χ0v) is 10.6. The maximum Gasteiger partial charge on any atom is 0.0615 e. The van der Waals surface area contributed by atoms with E-state index in [0.717, 1.165) is 26.0 Å². The highest BCUT2D eigenvalue weighted by Gasteiger charge is 2.10. The molecule has 2 atom stereocenters. The van der Waals surface area contributed by atoms with E-state index in [1.54, 1.807) is 7.11 Å². The first kappa shape index (κ1) is 14.9. The van der Waals surface area contributed by atoms with Crippen LogP contribution in [0.25, 0.3) is 0 Å². The molecule has 0 aliphatic heterocycles. The number of nitrogens with one attached hydrogen (secondary N) is 1. The van der Waals surface area contributed by atoms with Gasteiger partial charge in [-0.2, -0.15) is 0 Å². The minimum absolute atomic E-state index is 0.463. The second-order valence-corrected chi connectivity index (χ2v) is 4.29. The van der Waals surface area contributed by atoms with Crippen molar-refractivity contribution in [3.63, 3.8) is 0 Å². The van der Waals surface area contributed by atoms with Gasteiger partial charge in [0, 0.05) is 19.2 Å². The van der Waals surface area contributed by atoms with Crippen LogP contribution < -0.4 is 11.1 Å². The van der Waals surface area contributed by atoms with Crippen molar-refractivity contribution in [1.82, 2.24) is 5.32 Å². The normalized spacial score (nSPS) is 15.2. The number of rotatable bonds is 10. The largest absolute Gasteiger partial charge is 0.383 e. The van der Waals surface area contributed by atoms with Gasteiger partial charge in [-0.3, -0.25) is 0 Å². The second-order valence-electron chi connectivity index (χ2n) is 4.29. The van der Waals surface area contributed by atoms with E-state index in [0.29, 0.717) is 12.1 Å². The highest BCUT2D eigenvalue weighted by molar-refractivity contribution is 4.71. The zero-order valence-electron chi connectivity index (χ0n) is 10.6. The molecule has 0 saturated heterocycles. The summed E-state index contributed by atoms with van der Waals surface area (Å²) in [5, 5.41) is 3.61. The molecule has 0 rings (SSSR count). The third kappa shape index (κ3) is 8.85. The van der Waals surface area contributed by atoms with E-state index >= 15 is 0 Å². The molecule has 3 heteroatoms. The minimum Gasteiger partial charge on any atom is -0.383 e. The monoisotopic (exact) mass is 216 g/mol. The van der Waals surface area contributed by atoms with Crippen LogP contribution in [-0.2, 0) is 4.74 Å². The van der Waals surface area contributed by atoms with Crippen molar-refractivity contribution in [1.29, 1.82) is 0 Å². The average Bonchev–Trinajstić information content (AvgIpc) is 2.23. The molecule has 0 saturated carbocycles. The predicted octanol–water partition coefficient (Wildman–Crippen LogP) is 1.91. The van der Waals surface area contributed by atoms with Gasteiger partial charge >= 0.3 is 0 Å². The van der Waals surface area contributed by atoms with Gasteiger partial charge in [0.05, 0.1) is 6.61 Å². The minimum atomic E-state index is 0.463. The lowest BCUT2D eigenvalue weighted by atomic mass is 10.1. The van der Waals surface area contributed by atoms with Crippen molar-refractivity contribution in [3.8, 4) is 0 Å². The maximum absolute atomic E-state index is 5.52. The molecule has 0 fully saturated rings. The summed E-state index contributed by atoms with van der Waals surface area (Å²) in [6.45, 7) is 6.04. The summed E-state index contributed by atoms with van der Waals surface area (Å²) in [4.78, 5) is 0. The van der Waals surface area contributed by atoms with Crippen molar-refractivity contribution >= 4 is 0 Å². The molecule has 0 bridgehead atoms. The molecule has 92 valence electrons. The quantitative estimate of drug-likeness (QED) is 0.586. The van der Waals surface area contributed by atoms with Crippen molar-refractivity contribution in [2.75, 3.05) is 20.3 Å². The number of methoxy groups -OCH3 is 1. The SMILES string of the molecule is CCCCC(C)NC(CCCN)COC. The molecule has 0 radical (unpaired) electrons. The molecule has 2 unspecified atom stereocenters. The predicted molar refractivity (Wildman–Crippen MR) is 66.1 cm³/mol. The second kappa shape index (κ2) is 10.4. The van der Waals surface area contributed by atoms with Crippen LogP contribution in [0, 0.1) is 0 Å². The molecule has 0 aromatic carbocycles. The fourth-order valence-corrected chi connectivity index (χ4v) is 1.78. The van der Waals surface area contributed by atoms with Crippen LogP contribution in [0.2, 0.25) is 0 Å². The van der Waals surface area contributed by atoms with Crippen LogP contribution in [0.1, 0.15) is 46.0 Å². The fourth-order valence-electron chi connectivity index (χ4n) is 1.78. The third-order valence-corrected chi connectivity index (χ3v) is 2.64. The fraction of sp³-hybridized carbons (Fsp3) is 1.00. The highest BCUT2D eigenvalue weighted by atomic mass is 16.5. The maximum atomic E-state index is 5.52. The Morgan fingerprint density at radius 1 is 1.27 bits per heavy atom. The van der Waals surface area contributed by atoms with Crippen LogP contribution in [0.3, 0.4) is 0 Å². The molecule has 3 nitrogen and oxygen atoms in total. The van der Waals surface area contributed by atoms with Gasteiger partial charge < -0.3 is 15.8 Å². The summed E-state index contributed by atoms with van der Waals surface area (Å²) in [6, 6.07) is 1.05. The molecule has 0 heterocycles. The Kier molecular flexibility index (Phi) is 10.3. The van der Waals surface area contributed by atoms with E-state index in [-0.39, 0.29) is 0 Å². The molecule has 15 heavy (non-hydrogen) atoms. The summed E-state index contributed by atoms with van der Waals surface area (Å²) in [7, 11) is 1.76. The van der Waals surface area contributed by atoms with Gasteiger partial charge in [-0.25, -0.2) is 0 Å². The molecule has 0 amide bonds. The van der Waals surface area contributed by atoms with Crippen LogP contribution in [0.5, 0.6) is 0 Å². The van der Waals surface area contributed by atoms with Gasteiger partial charge in [-0.15, -0.1) is 0 Å². The Labute approximate surface area is 94.8 Å². The Bertz CT molecular complexity index is 131. The number of ether oxygens (including phenoxy) is 1. The van der Waals surface area contributed by atoms with Gasteiger partial charge in [0.15, 0.2) is 0 Å². The average molecular weight is 216 g/mol. The lowest BCUT2D eigenvalue weighted by molar-refractivity contribution is 0.155. The lowest BCUT2D eigenvalue weighted by Gasteiger charge is -2.22. The number of hydrogen-bond donors (Lipinski definition) is 2.